The van der Waals surface area contributed by atoms with Gasteiger partial charge in [-0.25, -0.2) is 8.42 Å². The van der Waals surface area contributed by atoms with Gasteiger partial charge in [0.2, 0.25) is 5.91 Å². The minimum atomic E-state index is -3.25. The molecule has 24 heavy (non-hydrogen) atoms. The van der Waals surface area contributed by atoms with Gasteiger partial charge >= 0.3 is 0 Å². The van der Waals surface area contributed by atoms with Gasteiger partial charge in [0.25, 0.3) is 0 Å². The summed E-state index contributed by atoms with van der Waals surface area (Å²) in [7, 11) is -4.79. The highest BCUT2D eigenvalue weighted by atomic mass is 32.2. The summed E-state index contributed by atoms with van der Waals surface area (Å²) < 4.78 is 23.2. The molecule has 0 aromatic heterocycles. The first-order valence-corrected chi connectivity index (χ1v) is 13.2. The average molecular weight is 368 g/mol. The van der Waals surface area contributed by atoms with Crippen molar-refractivity contribution in [1.82, 2.24) is 10.7 Å². The van der Waals surface area contributed by atoms with E-state index in [4.69, 9.17) is 0 Å². The molecule has 2 N–H and O–H groups in total. The third-order valence-corrected chi connectivity index (χ3v) is 7.24. The molecule has 1 amide bonds. The van der Waals surface area contributed by atoms with Crippen molar-refractivity contribution in [2.24, 2.45) is 5.10 Å². The van der Waals surface area contributed by atoms with E-state index in [0.29, 0.717) is 6.42 Å². The summed E-state index contributed by atoms with van der Waals surface area (Å²) in [5.41, 5.74) is 2.98. The number of sulfone groups is 1. The number of carbonyl (C=O) groups excluding carboxylic acids is 1. The van der Waals surface area contributed by atoms with Crippen LogP contribution < -0.4 is 10.7 Å². The van der Waals surface area contributed by atoms with E-state index in [1.807, 2.05) is 6.92 Å². The third-order valence-electron chi connectivity index (χ3n) is 4.11. The number of nitrogens with one attached hydrogen (secondary N) is 2. The number of hydrogen-bond acceptors (Lipinski definition) is 5. The SMILES string of the molecule is CC1(C(=O)NCc2cccc(S(C)(=O)=O)c2)CC([Si](C)(C)C)=NN1. The lowest BCUT2D eigenvalue weighted by Crippen LogP contribution is -2.51. The van der Waals surface area contributed by atoms with E-state index >= 15 is 0 Å². The molecule has 1 aliphatic heterocycles. The lowest BCUT2D eigenvalue weighted by molar-refractivity contribution is -0.126. The highest BCUT2D eigenvalue weighted by Gasteiger charge is 2.41. The zero-order valence-electron chi connectivity index (χ0n) is 14.8. The Balaban J connectivity index is 2.02. The molecular formula is C16H25N3O3SSi. The lowest BCUT2D eigenvalue weighted by Gasteiger charge is -2.24. The second-order valence-electron chi connectivity index (χ2n) is 7.53. The minimum Gasteiger partial charge on any atom is -0.350 e. The van der Waals surface area contributed by atoms with Crippen LogP contribution in [0, 0.1) is 0 Å². The van der Waals surface area contributed by atoms with Gasteiger partial charge in [0.1, 0.15) is 5.54 Å². The predicted octanol–water partition coefficient (Wildman–Crippen LogP) is 1.69. The van der Waals surface area contributed by atoms with Crippen LogP contribution in [0.2, 0.25) is 19.6 Å². The normalized spacial score (nSPS) is 21.1. The third kappa shape index (κ3) is 4.24. The van der Waals surface area contributed by atoms with Crippen molar-refractivity contribution in [1.29, 1.82) is 0 Å². The van der Waals surface area contributed by atoms with Gasteiger partial charge in [0, 0.05) is 24.6 Å². The summed E-state index contributed by atoms with van der Waals surface area (Å²) in [6.07, 6.45) is 1.78. The van der Waals surface area contributed by atoms with Crippen LogP contribution in [0.3, 0.4) is 0 Å². The number of amides is 1. The molecule has 1 unspecified atom stereocenters. The first-order valence-electron chi connectivity index (χ1n) is 7.83. The van der Waals surface area contributed by atoms with Crippen LogP contribution in [-0.4, -0.2) is 39.5 Å². The molecule has 2 rings (SSSR count). The van der Waals surface area contributed by atoms with E-state index in [0.717, 1.165) is 10.9 Å². The standard InChI is InChI=1S/C16H25N3O3SSi/c1-16(10-14(18-19-16)24(3,4)5)15(20)17-11-12-7-6-8-13(9-12)23(2,21)22/h6-9,19H,10-11H2,1-5H3,(H,17,20). The van der Waals surface area contributed by atoms with Crippen molar-refractivity contribution >= 4 is 29.2 Å². The van der Waals surface area contributed by atoms with Gasteiger partial charge in [-0.05, 0) is 24.6 Å². The fourth-order valence-electron chi connectivity index (χ4n) is 2.43. The van der Waals surface area contributed by atoms with E-state index in [-0.39, 0.29) is 17.3 Å². The molecule has 1 heterocycles. The molecule has 1 atom stereocenters. The first kappa shape index (κ1) is 18.7. The Kier molecular flexibility index (Phi) is 4.92. The molecule has 0 bridgehead atoms. The summed E-state index contributed by atoms with van der Waals surface area (Å²) in [5, 5.41) is 8.35. The van der Waals surface area contributed by atoms with Crippen LogP contribution in [0.15, 0.2) is 34.3 Å². The Morgan fingerprint density at radius 3 is 2.58 bits per heavy atom. The monoisotopic (exact) mass is 367 g/mol. The zero-order chi connectivity index (χ0) is 18.2. The molecule has 8 heteroatoms. The summed E-state index contributed by atoms with van der Waals surface area (Å²) >= 11 is 0. The lowest BCUT2D eigenvalue weighted by atomic mass is 9.99. The number of benzene rings is 1. The highest BCUT2D eigenvalue weighted by Crippen LogP contribution is 2.22. The Morgan fingerprint density at radius 2 is 2.04 bits per heavy atom. The molecule has 0 radical (unpaired) electrons. The number of hydrogen-bond donors (Lipinski definition) is 2. The maximum Gasteiger partial charge on any atom is 0.247 e. The minimum absolute atomic E-state index is 0.135. The molecule has 1 aromatic carbocycles. The average Bonchev–Trinajstić information content (AvgIpc) is 2.88. The molecule has 1 aliphatic rings. The fourth-order valence-corrected chi connectivity index (χ4v) is 4.40. The molecule has 0 saturated heterocycles. The van der Waals surface area contributed by atoms with Gasteiger partial charge < -0.3 is 5.32 Å². The summed E-state index contributed by atoms with van der Waals surface area (Å²) in [6.45, 7) is 8.73. The van der Waals surface area contributed by atoms with Crippen LogP contribution >= 0.6 is 0 Å². The highest BCUT2D eigenvalue weighted by molar-refractivity contribution is 7.90. The van der Waals surface area contributed by atoms with Crippen LogP contribution in [0.4, 0.5) is 0 Å². The Labute approximate surface area is 144 Å². The zero-order valence-corrected chi connectivity index (χ0v) is 16.6. The number of nitrogens with zero attached hydrogens (tertiary/aromatic N) is 1. The van der Waals surface area contributed by atoms with Crippen molar-refractivity contribution in [3.05, 3.63) is 29.8 Å². The first-order chi connectivity index (χ1) is 10.9. The summed E-state index contributed by atoms with van der Waals surface area (Å²) in [4.78, 5) is 12.8. The van der Waals surface area contributed by atoms with Gasteiger partial charge in [0.05, 0.1) is 13.0 Å². The van der Waals surface area contributed by atoms with E-state index in [9.17, 15) is 13.2 Å². The van der Waals surface area contributed by atoms with Crippen LogP contribution in [0.5, 0.6) is 0 Å². The smallest absolute Gasteiger partial charge is 0.247 e. The van der Waals surface area contributed by atoms with Crippen molar-refractivity contribution in [2.45, 2.75) is 50.0 Å². The Hall–Kier alpha value is -1.67. The van der Waals surface area contributed by atoms with Gasteiger partial charge in [-0.15, -0.1) is 0 Å². The fraction of sp³-hybridized carbons (Fsp3) is 0.500. The van der Waals surface area contributed by atoms with E-state index < -0.39 is 23.5 Å². The largest absolute Gasteiger partial charge is 0.350 e. The van der Waals surface area contributed by atoms with E-state index in [2.05, 4.69) is 35.5 Å². The van der Waals surface area contributed by atoms with Crippen molar-refractivity contribution in [3.8, 4) is 0 Å². The van der Waals surface area contributed by atoms with Crippen LogP contribution in [-0.2, 0) is 21.2 Å². The predicted molar refractivity (Wildman–Crippen MR) is 98.3 cm³/mol. The number of rotatable bonds is 5. The van der Waals surface area contributed by atoms with Crippen LogP contribution in [0.25, 0.3) is 0 Å². The number of carbonyl (C=O) groups is 1. The van der Waals surface area contributed by atoms with Gasteiger partial charge in [-0.1, -0.05) is 31.8 Å². The molecule has 132 valence electrons. The van der Waals surface area contributed by atoms with Gasteiger partial charge in [-0.3, -0.25) is 10.2 Å². The molecule has 1 aromatic rings. The topological polar surface area (TPSA) is 87.6 Å². The van der Waals surface area contributed by atoms with Crippen molar-refractivity contribution in [3.63, 3.8) is 0 Å². The molecule has 6 nitrogen and oxygen atoms in total. The maximum atomic E-state index is 12.5. The quantitative estimate of drug-likeness (QED) is 0.775. The molecule has 0 spiro atoms. The second-order valence-corrected chi connectivity index (χ2v) is 14.6. The van der Waals surface area contributed by atoms with Gasteiger partial charge in [-0.2, -0.15) is 5.10 Å². The summed E-state index contributed by atoms with van der Waals surface area (Å²) in [6, 6.07) is 6.61. The molecule has 0 saturated carbocycles. The van der Waals surface area contributed by atoms with E-state index in [1.165, 1.54) is 6.26 Å². The van der Waals surface area contributed by atoms with Crippen LogP contribution in [0.1, 0.15) is 18.9 Å². The summed E-state index contributed by atoms with van der Waals surface area (Å²) in [5.74, 6) is -0.135. The van der Waals surface area contributed by atoms with Crippen molar-refractivity contribution in [2.75, 3.05) is 6.26 Å². The molecule has 0 fully saturated rings. The van der Waals surface area contributed by atoms with Gasteiger partial charge in [0.15, 0.2) is 9.84 Å². The van der Waals surface area contributed by atoms with E-state index in [1.54, 1.807) is 24.3 Å². The van der Waals surface area contributed by atoms with Crippen molar-refractivity contribution < 1.29 is 13.2 Å². The Bertz CT molecular complexity index is 784. The number of hydrazone groups is 1. The molecule has 0 aliphatic carbocycles. The molecular weight excluding hydrogens is 342 g/mol. The second kappa shape index (κ2) is 6.32. The maximum absolute atomic E-state index is 12.5. The Morgan fingerprint density at radius 1 is 1.38 bits per heavy atom.